The van der Waals surface area contributed by atoms with Crippen molar-refractivity contribution in [3.8, 4) is 5.75 Å². The van der Waals surface area contributed by atoms with Gasteiger partial charge in [-0.25, -0.2) is 27.0 Å². The molecule has 4 rings (SSSR count). The topological polar surface area (TPSA) is 147 Å². The fourth-order valence-corrected chi connectivity index (χ4v) is 6.20. The average molecular weight is 631 g/mol. The van der Waals surface area contributed by atoms with Gasteiger partial charge >= 0.3 is 0 Å². The summed E-state index contributed by atoms with van der Waals surface area (Å²) in [5.41, 5.74) is 3.00. The molecule has 0 aliphatic carbocycles. The number of halogens is 1. The summed E-state index contributed by atoms with van der Waals surface area (Å²) in [6.45, 7) is -0.668. The van der Waals surface area contributed by atoms with Crippen molar-refractivity contribution in [1.29, 1.82) is 0 Å². The number of carbonyl (C=O) groups excluding carboxylic acids is 1. The number of hydrazone groups is 1. The Morgan fingerprint density at radius 3 is 2.26 bits per heavy atom. The molecule has 2 N–H and O–H groups in total. The number of hydrogen-bond acceptors (Lipinski definition) is 8. The van der Waals surface area contributed by atoms with Gasteiger partial charge in [-0.15, -0.1) is 0 Å². The molecule has 0 spiro atoms. The Balaban J connectivity index is 1.38. The van der Waals surface area contributed by atoms with Gasteiger partial charge < -0.3 is 9.15 Å². The van der Waals surface area contributed by atoms with Gasteiger partial charge in [-0.1, -0.05) is 41.9 Å². The summed E-state index contributed by atoms with van der Waals surface area (Å²) < 4.78 is 65.8. The van der Waals surface area contributed by atoms with Crippen molar-refractivity contribution >= 4 is 43.8 Å². The highest BCUT2D eigenvalue weighted by Gasteiger charge is 2.27. The Kier molecular flexibility index (Phi) is 10.1. The van der Waals surface area contributed by atoms with Crippen LogP contribution in [0.15, 0.2) is 110 Å². The van der Waals surface area contributed by atoms with Crippen molar-refractivity contribution in [1.82, 2.24) is 14.5 Å². The van der Waals surface area contributed by atoms with Gasteiger partial charge in [-0.3, -0.25) is 4.79 Å². The van der Waals surface area contributed by atoms with E-state index in [0.717, 1.165) is 4.31 Å². The molecular weight excluding hydrogens is 604 g/mol. The van der Waals surface area contributed by atoms with Crippen LogP contribution in [0.2, 0.25) is 5.02 Å². The molecule has 0 bridgehead atoms. The third-order valence-electron chi connectivity index (χ3n) is 5.84. The number of amides is 1. The Morgan fingerprint density at radius 2 is 1.60 bits per heavy atom. The molecule has 3 aromatic carbocycles. The van der Waals surface area contributed by atoms with Crippen molar-refractivity contribution in [3.63, 3.8) is 0 Å². The molecule has 0 unspecified atom stereocenters. The summed E-state index contributed by atoms with van der Waals surface area (Å²) in [6.07, 6.45) is 1.22. The third kappa shape index (κ3) is 8.27. The van der Waals surface area contributed by atoms with Crippen LogP contribution in [0.1, 0.15) is 17.1 Å². The maximum absolute atomic E-state index is 13.4. The molecule has 14 heteroatoms. The molecule has 0 radical (unpaired) electrons. The van der Waals surface area contributed by atoms with Crippen LogP contribution in [0.4, 0.5) is 0 Å². The van der Waals surface area contributed by atoms with E-state index in [1.54, 1.807) is 30.3 Å². The summed E-state index contributed by atoms with van der Waals surface area (Å²) in [6, 6.07) is 23.6. The number of nitrogens with zero attached hydrogens (tertiary/aromatic N) is 2. The molecule has 1 heterocycles. The van der Waals surface area contributed by atoms with E-state index in [-0.39, 0.29) is 28.6 Å². The zero-order valence-electron chi connectivity index (χ0n) is 22.3. The van der Waals surface area contributed by atoms with Crippen LogP contribution in [0.25, 0.3) is 0 Å². The molecule has 0 fully saturated rings. The first kappa shape index (κ1) is 30.9. The zero-order valence-corrected chi connectivity index (χ0v) is 24.7. The number of hydrogen-bond donors (Lipinski definition) is 2. The van der Waals surface area contributed by atoms with E-state index in [9.17, 15) is 21.6 Å². The summed E-state index contributed by atoms with van der Waals surface area (Å²) >= 11 is 5.81. The van der Waals surface area contributed by atoms with Crippen LogP contribution in [-0.2, 0) is 37.9 Å². The number of methoxy groups -OCH3 is 1. The van der Waals surface area contributed by atoms with Crippen molar-refractivity contribution in [2.45, 2.75) is 22.9 Å². The van der Waals surface area contributed by atoms with Gasteiger partial charge in [0.15, 0.2) is 0 Å². The second-order valence-electron chi connectivity index (χ2n) is 8.81. The largest absolute Gasteiger partial charge is 0.497 e. The lowest BCUT2D eigenvalue weighted by molar-refractivity contribution is -0.121. The summed E-state index contributed by atoms with van der Waals surface area (Å²) in [7, 11) is -6.36. The van der Waals surface area contributed by atoms with Crippen molar-refractivity contribution < 1.29 is 30.8 Å². The molecule has 42 heavy (non-hydrogen) atoms. The number of ether oxygens (including phenoxy) is 1. The first-order valence-corrected chi connectivity index (χ1v) is 15.7. The number of rotatable bonds is 13. The highest BCUT2D eigenvalue weighted by atomic mass is 35.5. The van der Waals surface area contributed by atoms with E-state index in [4.69, 9.17) is 20.8 Å². The van der Waals surface area contributed by atoms with E-state index < -0.39 is 32.5 Å². The van der Waals surface area contributed by atoms with Crippen LogP contribution in [0.5, 0.6) is 5.75 Å². The van der Waals surface area contributed by atoms with Gasteiger partial charge in [-0.2, -0.15) is 9.41 Å². The van der Waals surface area contributed by atoms with Gasteiger partial charge in [0.1, 0.15) is 17.3 Å². The van der Waals surface area contributed by atoms with E-state index >= 15 is 0 Å². The van der Waals surface area contributed by atoms with Crippen LogP contribution in [-0.4, -0.2) is 46.9 Å². The molecule has 0 atom stereocenters. The standard InChI is InChI=1S/C28H27ClN4O7S2/c1-39-23-11-15-27(16-12-23)42(37,38)33(19-21-5-3-2-4-6-21)20-28(34)32-30-17-24-9-10-25(40-24)18-31-41(35,36)26-13-7-22(29)8-14-26/h2-17,31H,18-20H2,1H3,(H,32,34)/b30-17-. The van der Waals surface area contributed by atoms with Crippen LogP contribution in [0.3, 0.4) is 0 Å². The predicted octanol–water partition coefficient (Wildman–Crippen LogP) is 3.76. The Morgan fingerprint density at radius 1 is 0.929 bits per heavy atom. The molecule has 11 nitrogen and oxygen atoms in total. The lowest BCUT2D eigenvalue weighted by Crippen LogP contribution is -2.39. The molecule has 0 saturated carbocycles. The molecule has 0 aliphatic heterocycles. The average Bonchev–Trinajstić information content (AvgIpc) is 3.44. The minimum atomic E-state index is -4.05. The van der Waals surface area contributed by atoms with E-state index in [1.165, 1.54) is 67.9 Å². The Hall–Kier alpha value is -4.01. The highest BCUT2D eigenvalue weighted by molar-refractivity contribution is 7.89. The monoisotopic (exact) mass is 630 g/mol. The lowest BCUT2D eigenvalue weighted by Gasteiger charge is -2.21. The van der Waals surface area contributed by atoms with Crippen molar-refractivity contribution in [2.75, 3.05) is 13.7 Å². The number of benzene rings is 3. The molecule has 220 valence electrons. The van der Waals surface area contributed by atoms with Gasteiger partial charge in [-0.05, 0) is 66.2 Å². The third-order valence-corrected chi connectivity index (χ3v) is 9.32. The van der Waals surface area contributed by atoms with E-state index in [1.807, 2.05) is 6.07 Å². The number of sulfonamides is 2. The number of nitrogens with one attached hydrogen (secondary N) is 2. The van der Waals surface area contributed by atoms with Crippen LogP contribution in [0, 0.1) is 0 Å². The Labute approximate surface area is 248 Å². The maximum Gasteiger partial charge on any atom is 0.255 e. The quantitative estimate of drug-likeness (QED) is 0.169. The normalized spacial score (nSPS) is 12.1. The lowest BCUT2D eigenvalue weighted by atomic mass is 10.2. The van der Waals surface area contributed by atoms with Gasteiger partial charge in [0, 0.05) is 11.6 Å². The second-order valence-corrected chi connectivity index (χ2v) is 13.0. The first-order chi connectivity index (χ1) is 20.1. The molecule has 4 aromatic rings. The maximum atomic E-state index is 13.4. The van der Waals surface area contributed by atoms with Crippen LogP contribution < -0.4 is 14.9 Å². The summed E-state index contributed by atoms with van der Waals surface area (Å²) in [4.78, 5) is 12.8. The number of furan rings is 1. The van der Waals surface area contributed by atoms with E-state index in [0.29, 0.717) is 22.1 Å². The molecule has 0 saturated heterocycles. The fourth-order valence-electron chi connectivity index (χ4n) is 3.70. The first-order valence-electron chi connectivity index (χ1n) is 12.4. The van der Waals surface area contributed by atoms with Gasteiger partial charge in [0.05, 0.1) is 36.2 Å². The fraction of sp³-hybridized carbons (Fsp3) is 0.143. The smallest absolute Gasteiger partial charge is 0.255 e. The van der Waals surface area contributed by atoms with E-state index in [2.05, 4.69) is 15.2 Å². The number of carbonyl (C=O) groups is 1. The summed E-state index contributed by atoms with van der Waals surface area (Å²) in [5, 5.41) is 4.27. The second kappa shape index (κ2) is 13.8. The molecule has 1 amide bonds. The van der Waals surface area contributed by atoms with Crippen LogP contribution >= 0.6 is 11.6 Å². The minimum Gasteiger partial charge on any atom is -0.497 e. The Bertz CT molecular complexity index is 1740. The summed E-state index contributed by atoms with van der Waals surface area (Å²) in [5.74, 6) is 0.361. The minimum absolute atomic E-state index is 0.00494. The van der Waals surface area contributed by atoms with Crippen molar-refractivity contribution in [3.05, 3.63) is 113 Å². The SMILES string of the molecule is COc1ccc(S(=O)(=O)N(CC(=O)N/N=C\c2ccc(CNS(=O)(=O)c3ccc(Cl)cc3)o2)Cc2ccccc2)cc1. The van der Waals surface area contributed by atoms with Gasteiger partial charge in [0.25, 0.3) is 5.91 Å². The predicted molar refractivity (Wildman–Crippen MR) is 157 cm³/mol. The zero-order chi connectivity index (χ0) is 30.2. The van der Waals surface area contributed by atoms with Crippen molar-refractivity contribution in [2.24, 2.45) is 5.10 Å². The molecular formula is C28H27ClN4O7S2. The highest BCUT2D eigenvalue weighted by Crippen LogP contribution is 2.21. The molecule has 0 aliphatic rings. The van der Waals surface area contributed by atoms with Gasteiger partial charge in [0.2, 0.25) is 20.0 Å². The molecule has 1 aromatic heterocycles.